The van der Waals surface area contributed by atoms with E-state index in [9.17, 15) is 0 Å². The van der Waals surface area contributed by atoms with E-state index in [0.717, 1.165) is 44.5 Å². The second-order valence-electron chi connectivity index (χ2n) is 4.60. The molecule has 2 heterocycles. The van der Waals surface area contributed by atoms with Crippen LogP contribution in [-0.2, 0) is 6.54 Å². The van der Waals surface area contributed by atoms with Crippen molar-refractivity contribution in [1.29, 1.82) is 0 Å². The first kappa shape index (κ1) is 12.9. The first-order chi connectivity index (χ1) is 8.81. The van der Waals surface area contributed by atoms with Gasteiger partial charge in [-0.05, 0) is 26.7 Å². The molecule has 1 aliphatic heterocycles. The van der Waals surface area contributed by atoms with E-state index in [1.807, 2.05) is 19.3 Å². The highest BCUT2D eigenvalue weighted by Crippen LogP contribution is 2.07. The lowest BCUT2D eigenvalue weighted by Gasteiger charge is -2.20. The van der Waals surface area contributed by atoms with Gasteiger partial charge in [0.25, 0.3) is 0 Å². The van der Waals surface area contributed by atoms with Crippen molar-refractivity contribution >= 4 is 5.96 Å². The van der Waals surface area contributed by atoms with Crippen LogP contribution in [0.4, 0.5) is 0 Å². The van der Waals surface area contributed by atoms with Crippen molar-refractivity contribution in [2.24, 2.45) is 4.99 Å². The van der Waals surface area contributed by atoms with E-state index < -0.39 is 0 Å². The van der Waals surface area contributed by atoms with Crippen LogP contribution in [0, 0.1) is 6.92 Å². The molecular formula is C13H23N5. The van der Waals surface area contributed by atoms with Crippen LogP contribution < -0.4 is 5.32 Å². The smallest absolute Gasteiger partial charge is 0.193 e. The predicted octanol–water partition coefficient (Wildman–Crippen LogP) is 1.25. The van der Waals surface area contributed by atoms with Crippen LogP contribution in [0.2, 0.25) is 0 Å². The van der Waals surface area contributed by atoms with Crippen LogP contribution in [-0.4, -0.2) is 46.6 Å². The Bertz CT molecular complexity index is 390. The summed E-state index contributed by atoms with van der Waals surface area (Å²) in [7, 11) is 0. The maximum Gasteiger partial charge on any atom is 0.193 e. The third kappa shape index (κ3) is 3.24. The van der Waals surface area contributed by atoms with Crippen molar-refractivity contribution in [3.63, 3.8) is 0 Å². The molecule has 2 rings (SSSR count). The first-order valence-electron chi connectivity index (χ1n) is 6.82. The van der Waals surface area contributed by atoms with E-state index in [2.05, 4.69) is 26.7 Å². The van der Waals surface area contributed by atoms with Gasteiger partial charge in [-0.15, -0.1) is 0 Å². The van der Waals surface area contributed by atoms with Gasteiger partial charge in [-0.1, -0.05) is 0 Å². The Morgan fingerprint density at radius 2 is 2.22 bits per heavy atom. The molecule has 0 bridgehead atoms. The van der Waals surface area contributed by atoms with E-state index in [-0.39, 0.29) is 0 Å². The molecule has 1 aromatic heterocycles. The average molecular weight is 249 g/mol. The van der Waals surface area contributed by atoms with Gasteiger partial charge in [0, 0.05) is 38.6 Å². The lowest BCUT2D eigenvalue weighted by molar-refractivity contribution is 0.492. The Labute approximate surface area is 109 Å². The number of rotatable bonds is 4. The van der Waals surface area contributed by atoms with Gasteiger partial charge in [0.05, 0.1) is 6.54 Å². The summed E-state index contributed by atoms with van der Waals surface area (Å²) < 4.78 is 2.14. The van der Waals surface area contributed by atoms with E-state index in [0.29, 0.717) is 0 Å². The molecule has 5 heteroatoms. The number of aromatic nitrogens is 2. The molecule has 5 nitrogen and oxygen atoms in total. The molecule has 0 unspecified atom stereocenters. The number of nitrogens with one attached hydrogen (secondary N) is 1. The minimum atomic E-state index is 0.802. The van der Waals surface area contributed by atoms with Crippen LogP contribution in [0.15, 0.2) is 17.4 Å². The molecule has 0 amide bonds. The molecule has 0 aliphatic carbocycles. The minimum Gasteiger partial charge on any atom is -0.357 e. The summed E-state index contributed by atoms with van der Waals surface area (Å²) in [5.41, 5.74) is 0. The summed E-state index contributed by atoms with van der Waals surface area (Å²) in [6.45, 7) is 9.04. The molecule has 0 radical (unpaired) electrons. The number of hydrogen-bond donors (Lipinski definition) is 1. The lowest BCUT2D eigenvalue weighted by Crippen LogP contribution is -2.39. The molecule has 100 valence electrons. The zero-order valence-corrected chi connectivity index (χ0v) is 11.4. The average Bonchev–Trinajstić information content (AvgIpc) is 3.00. The van der Waals surface area contributed by atoms with E-state index >= 15 is 0 Å². The molecule has 1 aliphatic rings. The first-order valence-corrected chi connectivity index (χ1v) is 6.82. The van der Waals surface area contributed by atoms with Crippen LogP contribution in [0.1, 0.15) is 25.6 Å². The Kier molecular flexibility index (Phi) is 4.61. The fourth-order valence-corrected chi connectivity index (χ4v) is 2.26. The van der Waals surface area contributed by atoms with E-state index in [1.54, 1.807) is 0 Å². The van der Waals surface area contributed by atoms with Gasteiger partial charge in [-0.2, -0.15) is 0 Å². The molecule has 1 fully saturated rings. The summed E-state index contributed by atoms with van der Waals surface area (Å²) in [5, 5.41) is 3.37. The second-order valence-corrected chi connectivity index (χ2v) is 4.60. The second kappa shape index (κ2) is 6.42. The Morgan fingerprint density at radius 1 is 1.44 bits per heavy atom. The molecule has 1 N–H and O–H groups in total. The highest BCUT2D eigenvalue weighted by Gasteiger charge is 2.15. The normalized spacial score (nSPS) is 16.3. The highest BCUT2D eigenvalue weighted by molar-refractivity contribution is 5.80. The quantitative estimate of drug-likeness (QED) is 0.645. The topological polar surface area (TPSA) is 45.5 Å². The Balaban J connectivity index is 1.89. The van der Waals surface area contributed by atoms with E-state index in [1.165, 1.54) is 12.8 Å². The highest BCUT2D eigenvalue weighted by atomic mass is 15.3. The van der Waals surface area contributed by atoms with Gasteiger partial charge in [-0.25, -0.2) is 4.98 Å². The van der Waals surface area contributed by atoms with Crippen LogP contribution in [0.5, 0.6) is 0 Å². The Morgan fingerprint density at radius 3 is 2.83 bits per heavy atom. The fraction of sp³-hybridized carbons (Fsp3) is 0.692. The van der Waals surface area contributed by atoms with Crippen LogP contribution in [0.25, 0.3) is 0 Å². The van der Waals surface area contributed by atoms with Gasteiger partial charge in [0.15, 0.2) is 5.96 Å². The number of nitrogens with zero attached hydrogens (tertiary/aromatic N) is 4. The van der Waals surface area contributed by atoms with Gasteiger partial charge in [0.1, 0.15) is 5.82 Å². The summed E-state index contributed by atoms with van der Waals surface area (Å²) in [5.74, 6) is 2.11. The Hall–Kier alpha value is -1.52. The van der Waals surface area contributed by atoms with Gasteiger partial charge < -0.3 is 14.8 Å². The maximum atomic E-state index is 4.69. The zero-order chi connectivity index (χ0) is 12.8. The van der Waals surface area contributed by atoms with Crippen molar-refractivity contribution < 1.29 is 0 Å². The molecule has 1 aromatic rings. The number of likely N-dealkylation sites (tertiary alicyclic amines) is 1. The standard InChI is InChI=1S/C13H23N5/c1-3-14-13(18-8-4-5-9-18)16-7-11-17-10-6-15-12(17)2/h6,10H,3-5,7-9,11H2,1-2H3,(H,14,16). The summed E-state index contributed by atoms with van der Waals surface area (Å²) in [6.07, 6.45) is 6.41. The van der Waals surface area contributed by atoms with E-state index in [4.69, 9.17) is 4.99 Å². The van der Waals surface area contributed by atoms with Gasteiger partial charge in [0.2, 0.25) is 0 Å². The number of imidazole rings is 1. The third-order valence-corrected chi connectivity index (χ3v) is 3.27. The predicted molar refractivity (Wildman–Crippen MR) is 73.7 cm³/mol. The van der Waals surface area contributed by atoms with Crippen LogP contribution in [0.3, 0.4) is 0 Å². The zero-order valence-electron chi connectivity index (χ0n) is 11.4. The molecule has 1 saturated heterocycles. The minimum absolute atomic E-state index is 0.802. The fourth-order valence-electron chi connectivity index (χ4n) is 2.26. The van der Waals surface area contributed by atoms with Crippen molar-refractivity contribution in [3.8, 4) is 0 Å². The third-order valence-electron chi connectivity index (χ3n) is 3.27. The summed E-state index contributed by atoms with van der Waals surface area (Å²) >= 11 is 0. The lowest BCUT2D eigenvalue weighted by atomic mass is 10.4. The van der Waals surface area contributed by atoms with Crippen molar-refractivity contribution in [2.45, 2.75) is 33.2 Å². The number of aliphatic imine (C=N–C) groups is 1. The van der Waals surface area contributed by atoms with Crippen molar-refractivity contribution in [1.82, 2.24) is 19.8 Å². The molecule has 0 aromatic carbocycles. The number of hydrogen-bond acceptors (Lipinski definition) is 2. The largest absolute Gasteiger partial charge is 0.357 e. The number of guanidine groups is 1. The molecule has 0 atom stereocenters. The molecule has 18 heavy (non-hydrogen) atoms. The van der Waals surface area contributed by atoms with Crippen molar-refractivity contribution in [3.05, 3.63) is 18.2 Å². The SMILES string of the molecule is CCNC(=NCCn1ccnc1C)N1CCCC1. The molecule has 0 spiro atoms. The van der Waals surface area contributed by atoms with Gasteiger partial charge >= 0.3 is 0 Å². The van der Waals surface area contributed by atoms with Crippen molar-refractivity contribution in [2.75, 3.05) is 26.2 Å². The monoisotopic (exact) mass is 249 g/mol. The molecular weight excluding hydrogens is 226 g/mol. The molecule has 0 saturated carbocycles. The summed E-state index contributed by atoms with van der Waals surface area (Å²) in [6, 6.07) is 0. The van der Waals surface area contributed by atoms with Gasteiger partial charge in [-0.3, -0.25) is 4.99 Å². The maximum absolute atomic E-state index is 4.69. The van der Waals surface area contributed by atoms with Crippen LogP contribution >= 0.6 is 0 Å². The number of aryl methyl sites for hydroxylation is 1. The summed E-state index contributed by atoms with van der Waals surface area (Å²) in [4.78, 5) is 11.3.